The highest BCUT2D eigenvalue weighted by molar-refractivity contribution is 7.89. The molecule has 2 aromatic rings. The van der Waals surface area contributed by atoms with E-state index >= 15 is 0 Å². The minimum atomic E-state index is -3.47. The number of para-hydroxylation sites is 1. The molecule has 2 N–H and O–H groups in total. The Bertz CT molecular complexity index is 606. The summed E-state index contributed by atoms with van der Waals surface area (Å²) in [5.74, 6) is 0. The first kappa shape index (κ1) is 12.7. The van der Waals surface area contributed by atoms with Crippen molar-refractivity contribution >= 4 is 15.7 Å². The van der Waals surface area contributed by atoms with Gasteiger partial charge in [-0.15, -0.1) is 0 Å². The number of nitrogens with zero attached hydrogens (tertiary/aromatic N) is 1. The Morgan fingerprint density at radius 3 is 2.44 bits per heavy atom. The first-order valence-electron chi connectivity index (χ1n) is 5.62. The number of anilines is 1. The Hall–Kier alpha value is -1.79. The van der Waals surface area contributed by atoms with Crippen molar-refractivity contribution < 1.29 is 8.42 Å². The lowest BCUT2D eigenvalue weighted by Gasteiger charge is -2.13. The second kappa shape index (κ2) is 5.24. The topological polar surface area (TPSA) is 63.1 Å². The summed E-state index contributed by atoms with van der Waals surface area (Å²) in [6.45, 7) is 2.11. The highest BCUT2D eigenvalue weighted by atomic mass is 32.2. The van der Waals surface area contributed by atoms with E-state index in [-0.39, 0.29) is 4.90 Å². The third-order valence-corrected chi connectivity index (χ3v) is 3.97. The van der Waals surface area contributed by atoms with Crippen LogP contribution < -0.4 is 10.1 Å². The molecule has 0 radical (unpaired) electrons. The van der Waals surface area contributed by atoms with Gasteiger partial charge in [-0.3, -0.25) is 10.1 Å². The zero-order chi connectivity index (χ0) is 13.0. The van der Waals surface area contributed by atoms with Crippen LogP contribution in [0, 0.1) is 0 Å². The van der Waals surface area contributed by atoms with Crippen LogP contribution in [-0.4, -0.2) is 19.6 Å². The number of hydrogen-bond donors (Lipinski definition) is 2. The zero-order valence-electron chi connectivity index (χ0n) is 10.00. The number of hydrogen-bond acceptors (Lipinski definition) is 3. The Kier molecular flexibility index (Phi) is 3.69. The van der Waals surface area contributed by atoms with Gasteiger partial charge in [-0.25, -0.2) is 13.1 Å². The van der Waals surface area contributed by atoms with Gasteiger partial charge < -0.3 is 0 Å². The third kappa shape index (κ3) is 2.72. The highest BCUT2D eigenvalue weighted by Crippen LogP contribution is 2.20. The summed E-state index contributed by atoms with van der Waals surface area (Å²) in [7, 11) is -3.47. The first-order chi connectivity index (χ1) is 8.63. The van der Waals surface area contributed by atoms with Crippen LogP contribution in [0.3, 0.4) is 0 Å². The number of sulfonamides is 1. The molecule has 0 unspecified atom stereocenters. The van der Waals surface area contributed by atoms with E-state index < -0.39 is 10.0 Å². The number of aromatic nitrogens is 1. The smallest absolute Gasteiger partial charge is 0.242 e. The maximum absolute atomic E-state index is 12.0. The molecule has 0 spiro atoms. The van der Waals surface area contributed by atoms with E-state index in [0.29, 0.717) is 12.2 Å². The van der Waals surface area contributed by atoms with Gasteiger partial charge in [-0.1, -0.05) is 19.1 Å². The third-order valence-electron chi connectivity index (χ3n) is 2.36. The molecule has 0 fully saturated rings. The van der Waals surface area contributed by atoms with Gasteiger partial charge in [0.1, 0.15) is 4.90 Å². The van der Waals surface area contributed by atoms with Crippen molar-refractivity contribution in [1.29, 1.82) is 0 Å². The average molecular weight is 265 g/mol. The fourth-order valence-electron chi connectivity index (χ4n) is 1.61. The van der Waals surface area contributed by atoms with E-state index in [4.69, 9.17) is 0 Å². The summed E-state index contributed by atoms with van der Waals surface area (Å²) in [6.07, 6.45) is 3.60. The van der Waals surface area contributed by atoms with Crippen LogP contribution in [0.4, 0.5) is 5.69 Å². The minimum absolute atomic E-state index is 0.237. The minimum Gasteiger partial charge on any atom is -0.294 e. The van der Waals surface area contributed by atoms with E-state index in [0.717, 1.165) is 0 Å². The van der Waals surface area contributed by atoms with Crippen molar-refractivity contribution in [3.8, 4) is 0 Å². The van der Waals surface area contributed by atoms with E-state index in [9.17, 15) is 8.42 Å². The number of benzene rings is 1. The van der Waals surface area contributed by atoms with Crippen LogP contribution in [0.25, 0.3) is 0 Å². The first-order valence-corrected chi connectivity index (χ1v) is 7.10. The summed E-state index contributed by atoms with van der Waals surface area (Å²) in [5.41, 5.74) is 3.55. The summed E-state index contributed by atoms with van der Waals surface area (Å²) in [4.78, 5) is 0.237. The van der Waals surface area contributed by atoms with Crippen LogP contribution in [0.2, 0.25) is 0 Å². The largest absolute Gasteiger partial charge is 0.294 e. The van der Waals surface area contributed by atoms with Gasteiger partial charge in [0, 0.05) is 18.9 Å². The summed E-state index contributed by atoms with van der Waals surface area (Å²) in [6, 6.07) is 10.5. The fourth-order valence-corrected chi connectivity index (χ4v) is 2.81. The maximum Gasteiger partial charge on any atom is 0.242 e. The normalized spacial score (nSPS) is 11.4. The van der Waals surface area contributed by atoms with Gasteiger partial charge in [0.15, 0.2) is 0 Å². The monoisotopic (exact) mass is 265 g/mol. The molecule has 6 heteroatoms. The van der Waals surface area contributed by atoms with Crippen molar-refractivity contribution in [2.75, 3.05) is 12.0 Å². The molecule has 1 aromatic heterocycles. The van der Waals surface area contributed by atoms with Crippen molar-refractivity contribution in [2.24, 2.45) is 0 Å². The van der Waals surface area contributed by atoms with Gasteiger partial charge in [0.25, 0.3) is 0 Å². The molecule has 1 heterocycles. The van der Waals surface area contributed by atoms with Crippen molar-refractivity contribution in [1.82, 2.24) is 9.40 Å². The van der Waals surface area contributed by atoms with Gasteiger partial charge in [0.05, 0.1) is 5.69 Å². The van der Waals surface area contributed by atoms with Crippen molar-refractivity contribution in [3.05, 3.63) is 48.8 Å². The van der Waals surface area contributed by atoms with Crippen molar-refractivity contribution in [2.45, 2.75) is 11.8 Å². The molecule has 0 saturated heterocycles. The summed E-state index contributed by atoms with van der Waals surface area (Å²) >= 11 is 0. The molecular weight excluding hydrogens is 250 g/mol. The molecule has 2 rings (SSSR count). The second-order valence-corrected chi connectivity index (χ2v) is 5.43. The van der Waals surface area contributed by atoms with Gasteiger partial charge >= 0.3 is 0 Å². The lowest BCUT2D eigenvalue weighted by Crippen LogP contribution is -2.24. The zero-order valence-corrected chi connectivity index (χ0v) is 10.8. The summed E-state index contributed by atoms with van der Waals surface area (Å²) in [5, 5.41) is 0. The lowest BCUT2D eigenvalue weighted by molar-refractivity contribution is 0.584. The predicted molar refractivity (Wildman–Crippen MR) is 70.8 cm³/mol. The lowest BCUT2D eigenvalue weighted by atomic mass is 10.3. The van der Waals surface area contributed by atoms with E-state index in [1.807, 2.05) is 12.1 Å². The van der Waals surface area contributed by atoms with Crippen LogP contribution >= 0.6 is 0 Å². The van der Waals surface area contributed by atoms with E-state index in [1.54, 1.807) is 48.3 Å². The molecule has 96 valence electrons. The van der Waals surface area contributed by atoms with Crippen molar-refractivity contribution in [3.63, 3.8) is 0 Å². The van der Waals surface area contributed by atoms with Crippen LogP contribution in [-0.2, 0) is 10.0 Å². The number of nitrogens with one attached hydrogen (secondary N) is 2. The fraction of sp³-hybridized carbons (Fsp3) is 0.167. The van der Waals surface area contributed by atoms with Gasteiger partial charge in [-0.2, -0.15) is 0 Å². The molecule has 5 nitrogen and oxygen atoms in total. The molecule has 0 saturated carbocycles. The second-order valence-electron chi connectivity index (χ2n) is 3.70. The maximum atomic E-state index is 12.0. The number of rotatable bonds is 5. The molecule has 1 aromatic carbocycles. The average Bonchev–Trinajstić information content (AvgIpc) is 2.82. The van der Waals surface area contributed by atoms with E-state index in [2.05, 4.69) is 10.1 Å². The molecule has 0 atom stereocenters. The Balaban J connectivity index is 2.37. The highest BCUT2D eigenvalue weighted by Gasteiger charge is 2.16. The molecule has 0 amide bonds. The van der Waals surface area contributed by atoms with Crippen LogP contribution in [0.15, 0.2) is 53.7 Å². The molecule has 0 aliphatic carbocycles. The molecule has 18 heavy (non-hydrogen) atoms. The SMILES string of the molecule is CCNS(=O)(=O)c1ccccc1Nn1cccc1. The molecular formula is C12H15N3O2S. The van der Waals surface area contributed by atoms with E-state index in [1.165, 1.54) is 0 Å². The predicted octanol–water partition coefficient (Wildman–Crippen LogP) is 1.66. The van der Waals surface area contributed by atoms with Crippen LogP contribution in [0.1, 0.15) is 6.92 Å². The molecule has 0 aliphatic heterocycles. The Morgan fingerprint density at radius 1 is 1.11 bits per heavy atom. The molecule has 0 bridgehead atoms. The Labute approximate surface area is 106 Å². The van der Waals surface area contributed by atoms with Crippen LogP contribution in [0.5, 0.6) is 0 Å². The quantitative estimate of drug-likeness (QED) is 0.864. The van der Waals surface area contributed by atoms with Gasteiger partial charge in [-0.05, 0) is 24.3 Å². The Morgan fingerprint density at radius 2 is 1.78 bits per heavy atom. The summed E-state index contributed by atoms with van der Waals surface area (Å²) < 4.78 is 28.2. The molecule has 0 aliphatic rings. The standard InChI is InChI=1S/C12H15N3O2S/c1-2-13-18(16,17)12-8-4-3-7-11(12)14-15-9-5-6-10-15/h3-10,13-14H,2H2,1H3. The van der Waals surface area contributed by atoms with Gasteiger partial charge in [0.2, 0.25) is 10.0 Å².